The number of aromatic nitrogens is 4. The number of thioether (sulfide) groups is 1. The highest BCUT2D eigenvalue weighted by molar-refractivity contribution is 7.99. The zero-order valence-electron chi connectivity index (χ0n) is 36.7. The molecule has 3 aromatic heterocycles. The maximum Gasteiger partial charge on any atom is 0.340 e. The van der Waals surface area contributed by atoms with Crippen LogP contribution in [0.15, 0.2) is 24.8 Å². The van der Waals surface area contributed by atoms with Crippen molar-refractivity contribution < 1.29 is 49.0 Å². The third kappa shape index (κ3) is 9.13. The number of H-pyrrole nitrogens is 2. The van der Waals surface area contributed by atoms with Crippen LogP contribution >= 0.6 is 11.8 Å². The largest absolute Gasteiger partial charge is 0.469 e. The Morgan fingerprint density at radius 1 is 0.952 bits per heavy atom. The molecule has 6 rings (SSSR count). The minimum absolute atomic E-state index is 0.114. The maximum atomic E-state index is 13.8. The number of aryl methyl sites for hydroxylation is 3. The van der Waals surface area contributed by atoms with Crippen molar-refractivity contribution in [2.45, 2.75) is 108 Å². The van der Waals surface area contributed by atoms with Gasteiger partial charge in [0.2, 0.25) is 5.91 Å². The number of aliphatic hydroxyl groups excluding tert-OH is 4. The molecule has 1 amide bonds. The van der Waals surface area contributed by atoms with E-state index in [1.165, 1.54) is 26.0 Å². The van der Waals surface area contributed by atoms with Gasteiger partial charge in [-0.05, 0) is 86.2 Å². The van der Waals surface area contributed by atoms with Gasteiger partial charge in [-0.1, -0.05) is 26.5 Å². The van der Waals surface area contributed by atoms with Gasteiger partial charge in [0.15, 0.2) is 0 Å². The van der Waals surface area contributed by atoms with E-state index >= 15 is 0 Å². The first-order chi connectivity index (χ1) is 29.6. The molecule has 0 unspecified atom stereocenters. The van der Waals surface area contributed by atoms with Crippen LogP contribution < -0.4 is 0 Å². The van der Waals surface area contributed by atoms with Gasteiger partial charge in [-0.15, -0.1) is 11.8 Å². The number of carbonyl (C=O) groups excluding carboxylic acids is 3. The molecule has 6 N–H and O–H groups in total. The number of aromatic amines is 2. The number of esters is 2. The maximum absolute atomic E-state index is 13.8. The topological polar surface area (TPSA) is 220 Å². The first-order valence-electron chi connectivity index (χ1n) is 21.0. The van der Waals surface area contributed by atoms with E-state index in [0.717, 1.165) is 56.4 Å². The van der Waals surface area contributed by atoms with Crippen molar-refractivity contribution in [3.63, 3.8) is 0 Å². The predicted octanol–water partition coefficient (Wildman–Crippen LogP) is 5.01. The highest BCUT2D eigenvalue weighted by Gasteiger charge is 2.43. The lowest BCUT2D eigenvalue weighted by Gasteiger charge is -2.39. The number of carbonyl (C=O) groups is 3. The third-order valence-corrected chi connectivity index (χ3v) is 13.8. The molecular formula is C46H59N5O10S. The van der Waals surface area contributed by atoms with Crippen LogP contribution in [-0.4, -0.2) is 133 Å². The molecule has 0 spiro atoms. The Labute approximate surface area is 365 Å². The standard InChI is InChI=1S/C46H59N5O10S/c1-10-26-22(3)30-18-32-24(5)28(13-14-37(53)51(7)15-12-16-62-46-44(57)43(56)42(55)36(21-52)61-46)40(49-32)29(17-38(54)59-8)41-39(45(58)60-9)25(6)33(50-41)20-35-27(11-2)23(4)31(48-35)19-34(26)47-30/h10,18-20,24,28,36,42-44,46-48,52,55-57H,1,11-17,21H2,2-9H3/t24-,28-,36+,42+,43-,44+,46-/m0/s1. The fraction of sp³-hybridized carbons (Fsp3) is 0.500. The lowest BCUT2D eigenvalue weighted by Crippen LogP contribution is -2.57. The Balaban J connectivity index is 1.42. The zero-order valence-corrected chi connectivity index (χ0v) is 37.5. The molecule has 0 aliphatic carbocycles. The Kier molecular flexibility index (Phi) is 14.8. The van der Waals surface area contributed by atoms with Crippen LogP contribution in [0.5, 0.6) is 0 Å². The molecule has 6 heterocycles. The molecule has 0 aromatic carbocycles. The number of hydrogen-bond acceptors (Lipinski definition) is 13. The van der Waals surface area contributed by atoms with Crippen LogP contribution in [0.3, 0.4) is 0 Å². The first-order valence-corrected chi connectivity index (χ1v) is 22.0. The molecular weight excluding hydrogens is 815 g/mol. The summed E-state index contributed by atoms with van der Waals surface area (Å²) in [4.78, 5) is 59.9. The number of nitrogens with zero attached hydrogens (tertiary/aromatic N) is 3. The molecule has 7 atom stereocenters. The van der Waals surface area contributed by atoms with Crippen LogP contribution in [0.4, 0.5) is 0 Å². The van der Waals surface area contributed by atoms with Gasteiger partial charge in [0.25, 0.3) is 0 Å². The summed E-state index contributed by atoms with van der Waals surface area (Å²) in [5.74, 6) is -1.39. The van der Waals surface area contributed by atoms with Gasteiger partial charge in [0.05, 0.1) is 49.9 Å². The number of amides is 1. The lowest BCUT2D eigenvalue weighted by molar-refractivity contribution is -0.205. The Morgan fingerprint density at radius 2 is 1.66 bits per heavy atom. The number of ether oxygens (including phenoxy) is 3. The van der Waals surface area contributed by atoms with E-state index in [1.54, 1.807) is 11.9 Å². The van der Waals surface area contributed by atoms with Crippen molar-refractivity contribution in [3.05, 3.63) is 75.4 Å². The second-order valence-corrected chi connectivity index (χ2v) is 17.4. The average Bonchev–Trinajstić information content (AvgIpc) is 3.95. The van der Waals surface area contributed by atoms with E-state index in [0.29, 0.717) is 47.7 Å². The number of nitrogens with one attached hydrogen (secondary N) is 2. The van der Waals surface area contributed by atoms with Crippen LogP contribution in [0.25, 0.3) is 39.3 Å². The summed E-state index contributed by atoms with van der Waals surface area (Å²) in [5.41, 5.74) is 9.99. The molecule has 0 radical (unpaired) electrons. The van der Waals surface area contributed by atoms with Crippen molar-refractivity contribution in [1.29, 1.82) is 0 Å². The summed E-state index contributed by atoms with van der Waals surface area (Å²) in [5, 5.41) is 40.2. The Bertz CT molecular complexity index is 2420. The van der Waals surface area contributed by atoms with E-state index < -0.39 is 48.4 Å². The summed E-state index contributed by atoms with van der Waals surface area (Å²) < 4.78 is 16.1. The van der Waals surface area contributed by atoms with Gasteiger partial charge in [-0.25, -0.2) is 9.78 Å². The summed E-state index contributed by atoms with van der Waals surface area (Å²) in [6, 6.07) is 6.00. The monoisotopic (exact) mass is 873 g/mol. The molecule has 15 nitrogen and oxygen atoms in total. The highest BCUT2D eigenvalue weighted by atomic mass is 32.2. The molecule has 3 aliphatic rings. The number of aliphatic hydroxyl groups is 4. The van der Waals surface area contributed by atoms with Crippen molar-refractivity contribution in [1.82, 2.24) is 24.8 Å². The average molecular weight is 874 g/mol. The quantitative estimate of drug-likeness (QED) is 0.0929. The van der Waals surface area contributed by atoms with Gasteiger partial charge >= 0.3 is 11.9 Å². The number of allylic oxidation sites excluding steroid dienone is 1. The summed E-state index contributed by atoms with van der Waals surface area (Å²) in [7, 11) is 4.33. The fourth-order valence-electron chi connectivity index (χ4n) is 8.70. The Morgan fingerprint density at radius 3 is 2.32 bits per heavy atom. The van der Waals surface area contributed by atoms with Crippen LogP contribution in [0, 0.1) is 13.8 Å². The molecule has 334 valence electrons. The molecule has 62 heavy (non-hydrogen) atoms. The van der Waals surface area contributed by atoms with Crippen molar-refractivity contribution in [2.75, 3.05) is 40.2 Å². The number of fused-ring (bicyclic) bond motifs is 8. The van der Waals surface area contributed by atoms with E-state index in [2.05, 4.69) is 36.5 Å². The number of rotatable bonds is 14. The summed E-state index contributed by atoms with van der Waals surface area (Å²) in [6.07, 6.45) is -1.83. The van der Waals surface area contributed by atoms with Gasteiger partial charge in [0.1, 0.15) is 29.9 Å². The molecule has 16 heteroatoms. The predicted molar refractivity (Wildman–Crippen MR) is 239 cm³/mol. The van der Waals surface area contributed by atoms with Gasteiger partial charge < -0.3 is 49.5 Å². The van der Waals surface area contributed by atoms with E-state index in [4.69, 9.17) is 24.2 Å². The van der Waals surface area contributed by atoms with Crippen molar-refractivity contribution in [2.24, 2.45) is 0 Å². The van der Waals surface area contributed by atoms with E-state index in [-0.39, 0.29) is 41.9 Å². The van der Waals surface area contributed by atoms with Crippen LogP contribution in [-0.2, 0) is 41.4 Å². The van der Waals surface area contributed by atoms with Crippen molar-refractivity contribution in [3.8, 4) is 0 Å². The molecule has 1 fully saturated rings. The third-order valence-electron chi connectivity index (χ3n) is 12.5. The number of methoxy groups -OCH3 is 2. The normalized spacial score (nSPS) is 22.4. The number of hydrogen-bond donors (Lipinski definition) is 6. The lowest BCUT2D eigenvalue weighted by atomic mass is 9.84. The van der Waals surface area contributed by atoms with Crippen LogP contribution in [0.1, 0.15) is 102 Å². The SMILES string of the molecule is C=Cc1c(C)c2cc3nc(c(CC(=O)OC)c4nc(cc5[nH]c(cc1[nH]2)c(C)c5CC)C(C)=C4C(=O)OC)[C@@H](CCC(=O)N(C)CCCS[C@@H]1O[C@H](CO)[C@@H](O)[C@H](O)[C@H]1O)[C@@H]3C. The Hall–Kier alpha value is -4.84. The fourth-order valence-corrected chi connectivity index (χ4v) is 9.81. The van der Waals surface area contributed by atoms with Gasteiger partial charge in [-0.2, -0.15) is 0 Å². The minimum atomic E-state index is -1.45. The highest BCUT2D eigenvalue weighted by Crippen LogP contribution is 2.44. The van der Waals surface area contributed by atoms with E-state index in [1.807, 2.05) is 39.0 Å². The molecule has 3 aliphatic heterocycles. The molecule has 0 saturated carbocycles. The zero-order chi connectivity index (χ0) is 45.2. The van der Waals surface area contributed by atoms with Crippen molar-refractivity contribution >= 4 is 68.9 Å². The molecule has 1 saturated heterocycles. The summed E-state index contributed by atoms with van der Waals surface area (Å²) in [6.45, 7) is 14.0. The van der Waals surface area contributed by atoms with Crippen LogP contribution in [0.2, 0.25) is 0 Å². The van der Waals surface area contributed by atoms with Gasteiger partial charge in [0, 0.05) is 70.7 Å². The molecule has 8 bridgehead atoms. The smallest absolute Gasteiger partial charge is 0.340 e. The van der Waals surface area contributed by atoms with Gasteiger partial charge in [-0.3, -0.25) is 14.6 Å². The minimum Gasteiger partial charge on any atom is -0.469 e. The second kappa shape index (κ2) is 19.7. The molecule has 3 aromatic rings. The second-order valence-electron chi connectivity index (χ2n) is 16.2. The summed E-state index contributed by atoms with van der Waals surface area (Å²) >= 11 is 1.24. The van der Waals surface area contributed by atoms with E-state index in [9.17, 15) is 34.8 Å². The first kappa shape index (κ1) is 46.7.